The molecular weight excluding hydrogens is 198 g/mol. The van der Waals surface area contributed by atoms with Crippen molar-refractivity contribution in [3.05, 3.63) is 0 Å². The van der Waals surface area contributed by atoms with E-state index in [1.807, 2.05) is 0 Å². The lowest BCUT2D eigenvalue weighted by molar-refractivity contribution is -0.138. The van der Waals surface area contributed by atoms with Crippen LogP contribution in [0, 0.1) is 17.8 Å². The first-order valence-corrected chi connectivity index (χ1v) is 6.95. The average molecular weight is 223 g/mol. The van der Waals surface area contributed by atoms with Crippen LogP contribution in [0.4, 0.5) is 0 Å². The highest BCUT2D eigenvalue weighted by Gasteiger charge is 2.29. The summed E-state index contributed by atoms with van der Waals surface area (Å²) in [4.78, 5) is 14.4. The minimum Gasteiger partial charge on any atom is -0.342 e. The Morgan fingerprint density at radius 2 is 1.38 bits per heavy atom. The molecule has 0 bridgehead atoms. The molecule has 0 aromatic heterocycles. The number of rotatable bonds is 1. The van der Waals surface area contributed by atoms with Gasteiger partial charge in [-0.05, 0) is 50.4 Å². The smallest absolute Gasteiger partial charge is 0.225 e. The Morgan fingerprint density at radius 1 is 0.875 bits per heavy atom. The highest BCUT2D eigenvalue weighted by atomic mass is 16.2. The lowest BCUT2D eigenvalue weighted by Crippen LogP contribution is -2.42. The molecule has 2 heteroatoms. The van der Waals surface area contributed by atoms with Gasteiger partial charge in [0, 0.05) is 19.0 Å². The molecule has 2 fully saturated rings. The van der Waals surface area contributed by atoms with Crippen LogP contribution in [0.3, 0.4) is 0 Å². The molecule has 2 nitrogen and oxygen atoms in total. The zero-order valence-electron chi connectivity index (χ0n) is 10.7. The van der Waals surface area contributed by atoms with E-state index in [4.69, 9.17) is 0 Å². The van der Waals surface area contributed by atoms with Gasteiger partial charge in [0.25, 0.3) is 0 Å². The summed E-state index contributed by atoms with van der Waals surface area (Å²) in [6, 6.07) is 0. The Labute approximate surface area is 99.4 Å². The Bertz CT molecular complexity index is 211. The molecule has 0 radical (unpaired) electrons. The van der Waals surface area contributed by atoms with Crippen molar-refractivity contribution >= 4 is 5.91 Å². The standard InChI is InChI=1S/C14H25NO/c1-11-3-5-13(6-4-11)14(16)15-9-7-12(2)8-10-15/h11-13H,3-10H2,1-2H3. The molecule has 1 aliphatic carbocycles. The van der Waals surface area contributed by atoms with Gasteiger partial charge >= 0.3 is 0 Å². The Kier molecular flexibility index (Phi) is 3.88. The predicted molar refractivity (Wildman–Crippen MR) is 66.1 cm³/mol. The van der Waals surface area contributed by atoms with Gasteiger partial charge in [-0.15, -0.1) is 0 Å². The van der Waals surface area contributed by atoms with Gasteiger partial charge in [0.15, 0.2) is 0 Å². The van der Waals surface area contributed by atoms with Crippen LogP contribution in [-0.4, -0.2) is 23.9 Å². The minimum absolute atomic E-state index is 0.351. The maximum absolute atomic E-state index is 12.3. The van der Waals surface area contributed by atoms with Gasteiger partial charge in [0.2, 0.25) is 5.91 Å². The molecule has 1 saturated heterocycles. The van der Waals surface area contributed by atoms with Gasteiger partial charge < -0.3 is 4.90 Å². The molecule has 1 aliphatic heterocycles. The lowest BCUT2D eigenvalue weighted by Gasteiger charge is -2.35. The summed E-state index contributed by atoms with van der Waals surface area (Å²) in [6.45, 7) is 6.62. The van der Waals surface area contributed by atoms with Crippen molar-refractivity contribution in [2.75, 3.05) is 13.1 Å². The third-order valence-electron chi connectivity index (χ3n) is 4.46. The first-order valence-electron chi connectivity index (χ1n) is 6.95. The highest BCUT2D eigenvalue weighted by molar-refractivity contribution is 5.79. The molecule has 2 rings (SSSR count). The SMILES string of the molecule is CC1CCC(C(=O)N2CCC(C)CC2)CC1. The molecule has 0 aromatic carbocycles. The number of amides is 1. The molecule has 1 amide bonds. The number of hydrogen-bond donors (Lipinski definition) is 0. The van der Waals surface area contributed by atoms with Crippen LogP contribution in [0.5, 0.6) is 0 Å². The molecule has 1 saturated carbocycles. The normalized spacial score (nSPS) is 32.8. The van der Waals surface area contributed by atoms with Crippen LogP contribution < -0.4 is 0 Å². The van der Waals surface area contributed by atoms with E-state index in [2.05, 4.69) is 18.7 Å². The zero-order chi connectivity index (χ0) is 11.5. The summed E-state index contributed by atoms with van der Waals surface area (Å²) in [5.74, 6) is 2.46. The minimum atomic E-state index is 0.351. The topological polar surface area (TPSA) is 20.3 Å². The fourth-order valence-corrected chi connectivity index (χ4v) is 2.99. The van der Waals surface area contributed by atoms with Gasteiger partial charge in [0.1, 0.15) is 0 Å². The predicted octanol–water partition coefficient (Wildman–Crippen LogP) is 3.07. The van der Waals surface area contributed by atoms with Crippen molar-refractivity contribution in [1.82, 2.24) is 4.90 Å². The number of carbonyl (C=O) groups is 1. The van der Waals surface area contributed by atoms with Crippen LogP contribution in [-0.2, 0) is 4.79 Å². The van der Waals surface area contributed by atoms with Crippen LogP contribution in [0.1, 0.15) is 52.4 Å². The van der Waals surface area contributed by atoms with E-state index in [9.17, 15) is 4.79 Å². The maximum Gasteiger partial charge on any atom is 0.225 e. The average Bonchev–Trinajstić information content (AvgIpc) is 2.30. The van der Waals surface area contributed by atoms with Gasteiger partial charge in [-0.2, -0.15) is 0 Å². The monoisotopic (exact) mass is 223 g/mol. The quantitative estimate of drug-likeness (QED) is 0.669. The molecule has 0 unspecified atom stereocenters. The highest BCUT2D eigenvalue weighted by Crippen LogP contribution is 2.30. The molecular formula is C14H25NO. The molecule has 0 N–H and O–H groups in total. The number of piperidine rings is 1. The summed E-state index contributed by atoms with van der Waals surface area (Å²) in [7, 11) is 0. The lowest BCUT2D eigenvalue weighted by atomic mass is 9.82. The zero-order valence-corrected chi connectivity index (χ0v) is 10.7. The summed E-state index contributed by atoms with van der Waals surface area (Å²) in [5, 5.41) is 0. The van der Waals surface area contributed by atoms with E-state index in [-0.39, 0.29) is 0 Å². The molecule has 1 heterocycles. The van der Waals surface area contributed by atoms with Gasteiger partial charge in [-0.25, -0.2) is 0 Å². The van der Waals surface area contributed by atoms with Crippen molar-refractivity contribution < 1.29 is 4.79 Å². The van der Waals surface area contributed by atoms with E-state index in [1.54, 1.807) is 0 Å². The number of hydrogen-bond acceptors (Lipinski definition) is 1. The van der Waals surface area contributed by atoms with E-state index in [1.165, 1.54) is 25.7 Å². The van der Waals surface area contributed by atoms with Gasteiger partial charge in [-0.1, -0.05) is 13.8 Å². The van der Waals surface area contributed by atoms with E-state index >= 15 is 0 Å². The van der Waals surface area contributed by atoms with E-state index < -0.39 is 0 Å². The third kappa shape index (κ3) is 2.78. The molecule has 0 spiro atoms. The van der Waals surface area contributed by atoms with Crippen molar-refractivity contribution in [3.63, 3.8) is 0 Å². The third-order valence-corrected chi connectivity index (χ3v) is 4.46. The second-order valence-corrected chi connectivity index (χ2v) is 5.96. The fourth-order valence-electron chi connectivity index (χ4n) is 2.99. The number of carbonyl (C=O) groups excluding carboxylic acids is 1. The fraction of sp³-hybridized carbons (Fsp3) is 0.929. The molecule has 2 aliphatic rings. The van der Waals surface area contributed by atoms with E-state index in [0.29, 0.717) is 11.8 Å². The second-order valence-electron chi connectivity index (χ2n) is 5.96. The summed E-state index contributed by atoms with van der Waals surface area (Å²) < 4.78 is 0. The van der Waals surface area contributed by atoms with Crippen molar-refractivity contribution in [1.29, 1.82) is 0 Å². The van der Waals surface area contributed by atoms with Crippen molar-refractivity contribution in [3.8, 4) is 0 Å². The summed E-state index contributed by atoms with van der Waals surface area (Å²) in [5.41, 5.74) is 0. The summed E-state index contributed by atoms with van der Waals surface area (Å²) in [6.07, 6.45) is 7.17. The number of likely N-dealkylation sites (tertiary alicyclic amines) is 1. The summed E-state index contributed by atoms with van der Waals surface area (Å²) >= 11 is 0. The van der Waals surface area contributed by atoms with Crippen LogP contribution in [0.15, 0.2) is 0 Å². The first-order chi connectivity index (χ1) is 7.66. The van der Waals surface area contributed by atoms with Gasteiger partial charge in [0.05, 0.1) is 0 Å². The largest absolute Gasteiger partial charge is 0.342 e. The van der Waals surface area contributed by atoms with E-state index in [0.717, 1.165) is 37.8 Å². The van der Waals surface area contributed by atoms with Gasteiger partial charge in [-0.3, -0.25) is 4.79 Å². The van der Waals surface area contributed by atoms with Crippen LogP contribution in [0.25, 0.3) is 0 Å². The Balaban J connectivity index is 1.83. The van der Waals surface area contributed by atoms with Crippen molar-refractivity contribution in [2.24, 2.45) is 17.8 Å². The van der Waals surface area contributed by atoms with Crippen molar-refractivity contribution in [2.45, 2.75) is 52.4 Å². The Hall–Kier alpha value is -0.530. The second kappa shape index (κ2) is 5.20. The van der Waals surface area contributed by atoms with Crippen LogP contribution in [0.2, 0.25) is 0 Å². The Morgan fingerprint density at radius 3 is 1.94 bits per heavy atom. The first kappa shape index (κ1) is 11.9. The molecule has 92 valence electrons. The number of nitrogens with zero attached hydrogens (tertiary/aromatic N) is 1. The van der Waals surface area contributed by atoms with Crippen LogP contribution >= 0.6 is 0 Å². The molecule has 0 atom stereocenters. The molecule has 0 aromatic rings. The molecule has 16 heavy (non-hydrogen) atoms. The maximum atomic E-state index is 12.3.